The van der Waals surface area contributed by atoms with Gasteiger partial charge in [-0.25, -0.2) is 0 Å². The van der Waals surface area contributed by atoms with Crippen LogP contribution in [0.15, 0.2) is 28.7 Å². The SMILES string of the molecule is CNc1cc(Oc2cccc([N+](=O)[O-])c2Br)nc(N)n1. The third-order valence-electron chi connectivity index (χ3n) is 2.33. The molecule has 0 bridgehead atoms. The lowest BCUT2D eigenvalue weighted by Crippen LogP contribution is -2.01. The van der Waals surface area contributed by atoms with Gasteiger partial charge in [-0.15, -0.1) is 0 Å². The van der Waals surface area contributed by atoms with Crippen molar-refractivity contribution in [3.63, 3.8) is 0 Å². The first-order valence-electron chi connectivity index (χ1n) is 5.44. The Balaban J connectivity index is 2.37. The van der Waals surface area contributed by atoms with Crippen LogP contribution >= 0.6 is 15.9 Å². The molecule has 104 valence electrons. The summed E-state index contributed by atoms with van der Waals surface area (Å²) in [6, 6.07) is 5.99. The maximum atomic E-state index is 10.8. The molecule has 0 aliphatic rings. The molecule has 2 aromatic rings. The van der Waals surface area contributed by atoms with Gasteiger partial charge in [0.25, 0.3) is 5.69 Å². The third kappa shape index (κ3) is 2.94. The van der Waals surface area contributed by atoms with Crippen LogP contribution in [0.4, 0.5) is 17.5 Å². The van der Waals surface area contributed by atoms with E-state index in [0.717, 1.165) is 0 Å². The van der Waals surface area contributed by atoms with Crippen LogP contribution in [0.1, 0.15) is 0 Å². The zero-order chi connectivity index (χ0) is 14.7. The molecule has 1 aromatic heterocycles. The van der Waals surface area contributed by atoms with Gasteiger partial charge < -0.3 is 15.8 Å². The number of nitrogens with two attached hydrogens (primary N) is 1. The van der Waals surface area contributed by atoms with E-state index in [-0.39, 0.29) is 27.7 Å². The van der Waals surface area contributed by atoms with Gasteiger partial charge in [-0.3, -0.25) is 10.1 Å². The van der Waals surface area contributed by atoms with Crippen molar-refractivity contribution in [1.82, 2.24) is 9.97 Å². The lowest BCUT2D eigenvalue weighted by atomic mass is 10.3. The van der Waals surface area contributed by atoms with Crippen LogP contribution in [-0.4, -0.2) is 21.9 Å². The molecule has 0 fully saturated rings. The highest BCUT2D eigenvalue weighted by molar-refractivity contribution is 9.10. The molecule has 20 heavy (non-hydrogen) atoms. The minimum atomic E-state index is -0.510. The van der Waals surface area contributed by atoms with E-state index >= 15 is 0 Å². The minimum absolute atomic E-state index is 0.0356. The van der Waals surface area contributed by atoms with Crippen LogP contribution in [0.5, 0.6) is 11.6 Å². The first-order valence-corrected chi connectivity index (χ1v) is 6.23. The Kier molecular flexibility index (Phi) is 3.99. The molecule has 9 heteroatoms. The molecule has 0 aliphatic carbocycles. The van der Waals surface area contributed by atoms with Gasteiger partial charge in [0.2, 0.25) is 11.8 Å². The van der Waals surface area contributed by atoms with Gasteiger partial charge in [-0.2, -0.15) is 9.97 Å². The van der Waals surface area contributed by atoms with E-state index < -0.39 is 4.92 Å². The topological polar surface area (TPSA) is 116 Å². The zero-order valence-corrected chi connectivity index (χ0v) is 11.9. The van der Waals surface area contributed by atoms with Crippen molar-refractivity contribution in [3.05, 3.63) is 38.9 Å². The molecule has 0 atom stereocenters. The van der Waals surface area contributed by atoms with E-state index in [1.807, 2.05) is 0 Å². The predicted molar refractivity (Wildman–Crippen MR) is 76.9 cm³/mol. The summed E-state index contributed by atoms with van der Waals surface area (Å²) in [5, 5.41) is 13.7. The van der Waals surface area contributed by atoms with Crippen molar-refractivity contribution in [2.24, 2.45) is 0 Å². The molecule has 2 rings (SSSR count). The van der Waals surface area contributed by atoms with E-state index in [9.17, 15) is 10.1 Å². The molecular formula is C11H10BrN5O3. The summed E-state index contributed by atoms with van der Waals surface area (Å²) in [6.07, 6.45) is 0. The molecule has 0 saturated heterocycles. The molecule has 0 radical (unpaired) electrons. The quantitative estimate of drug-likeness (QED) is 0.649. The number of halogens is 1. The second-order valence-electron chi connectivity index (χ2n) is 3.65. The standard InChI is InChI=1S/C11H10BrN5O3/c1-14-8-5-9(16-11(13)15-8)20-7-4-2-3-6(10(7)12)17(18)19/h2-5H,1H3,(H3,13,14,15,16). The number of nitro groups is 1. The summed E-state index contributed by atoms with van der Waals surface area (Å²) in [6.45, 7) is 0. The molecule has 8 nitrogen and oxygen atoms in total. The van der Waals surface area contributed by atoms with Gasteiger partial charge in [-0.05, 0) is 22.0 Å². The molecule has 0 aliphatic heterocycles. The first-order chi connectivity index (χ1) is 9.51. The average Bonchev–Trinajstić information content (AvgIpc) is 2.40. The molecule has 3 N–H and O–H groups in total. The molecule has 0 spiro atoms. The normalized spacial score (nSPS) is 10.1. The van der Waals surface area contributed by atoms with E-state index in [2.05, 4.69) is 31.2 Å². The van der Waals surface area contributed by atoms with Gasteiger partial charge in [0.15, 0.2) is 5.75 Å². The van der Waals surface area contributed by atoms with Crippen molar-refractivity contribution in [1.29, 1.82) is 0 Å². The highest BCUT2D eigenvalue weighted by atomic mass is 79.9. The van der Waals surface area contributed by atoms with Gasteiger partial charge in [0.1, 0.15) is 10.3 Å². The largest absolute Gasteiger partial charge is 0.437 e. The number of aromatic nitrogens is 2. The van der Waals surface area contributed by atoms with E-state index in [1.54, 1.807) is 13.1 Å². The first kappa shape index (κ1) is 14.0. The Morgan fingerprint density at radius 2 is 2.20 bits per heavy atom. The number of rotatable bonds is 4. The highest BCUT2D eigenvalue weighted by Crippen LogP contribution is 2.36. The summed E-state index contributed by atoms with van der Waals surface area (Å²) < 4.78 is 5.73. The minimum Gasteiger partial charge on any atom is -0.437 e. The number of nitro benzene ring substituents is 1. The van der Waals surface area contributed by atoms with Crippen molar-refractivity contribution >= 4 is 33.4 Å². The van der Waals surface area contributed by atoms with Crippen LogP contribution < -0.4 is 15.8 Å². The lowest BCUT2D eigenvalue weighted by Gasteiger charge is -2.08. The van der Waals surface area contributed by atoms with Crippen molar-refractivity contribution in [2.75, 3.05) is 18.1 Å². The van der Waals surface area contributed by atoms with E-state index in [0.29, 0.717) is 5.82 Å². The smallest absolute Gasteiger partial charge is 0.287 e. The number of ether oxygens (including phenoxy) is 1. The zero-order valence-electron chi connectivity index (χ0n) is 10.3. The summed E-state index contributed by atoms with van der Waals surface area (Å²) >= 11 is 3.14. The molecule has 1 aromatic carbocycles. The molecule has 0 unspecified atom stereocenters. The number of anilines is 2. The van der Waals surface area contributed by atoms with E-state index in [1.165, 1.54) is 18.2 Å². The van der Waals surface area contributed by atoms with Crippen molar-refractivity contribution in [3.8, 4) is 11.6 Å². The summed E-state index contributed by atoms with van der Waals surface area (Å²) in [4.78, 5) is 18.2. The van der Waals surface area contributed by atoms with Crippen LogP contribution in [0.2, 0.25) is 0 Å². The predicted octanol–water partition coefficient (Wildman–Crippen LogP) is 2.56. The second-order valence-corrected chi connectivity index (χ2v) is 4.44. The fourth-order valence-electron chi connectivity index (χ4n) is 1.45. The van der Waals surface area contributed by atoms with Crippen LogP contribution in [0, 0.1) is 10.1 Å². The van der Waals surface area contributed by atoms with E-state index in [4.69, 9.17) is 10.5 Å². The second kappa shape index (κ2) is 5.70. The number of benzene rings is 1. The summed E-state index contributed by atoms with van der Waals surface area (Å²) in [7, 11) is 1.68. The molecular weight excluding hydrogens is 330 g/mol. The Bertz CT molecular complexity index is 665. The highest BCUT2D eigenvalue weighted by Gasteiger charge is 2.17. The third-order valence-corrected chi connectivity index (χ3v) is 3.13. The lowest BCUT2D eigenvalue weighted by molar-refractivity contribution is -0.385. The number of hydrogen-bond donors (Lipinski definition) is 2. The van der Waals surface area contributed by atoms with Gasteiger partial charge >= 0.3 is 0 Å². The Morgan fingerprint density at radius 1 is 1.45 bits per heavy atom. The van der Waals surface area contributed by atoms with Crippen LogP contribution in [0.3, 0.4) is 0 Å². The van der Waals surface area contributed by atoms with Gasteiger partial charge in [-0.1, -0.05) is 6.07 Å². The fourth-order valence-corrected chi connectivity index (χ4v) is 1.94. The Labute approximate surface area is 122 Å². The molecule has 0 amide bonds. The maximum Gasteiger partial charge on any atom is 0.287 e. The average molecular weight is 340 g/mol. The van der Waals surface area contributed by atoms with Crippen molar-refractivity contribution < 1.29 is 9.66 Å². The number of nitrogen functional groups attached to an aromatic ring is 1. The molecule has 0 saturated carbocycles. The summed E-state index contributed by atoms with van der Waals surface area (Å²) in [5.74, 6) is 0.963. The number of nitrogens with zero attached hydrogens (tertiary/aromatic N) is 3. The Hall–Kier alpha value is -2.42. The molecule has 1 heterocycles. The van der Waals surface area contributed by atoms with Crippen LogP contribution in [-0.2, 0) is 0 Å². The fraction of sp³-hybridized carbons (Fsp3) is 0.0909. The number of hydrogen-bond acceptors (Lipinski definition) is 7. The van der Waals surface area contributed by atoms with Gasteiger partial charge in [0, 0.05) is 19.2 Å². The maximum absolute atomic E-state index is 10.8. The summed E-state index contributed by atoms with van der Waals surface area (Å²) in [5.41, 5.74) is 5.44. The Morgan fingerprint density at radius 3 is 2.85 bits per heavy atom. The monoisotopic (exact) mass is 339 g/mol. The van der Waals surface area contributed by atoms with Crippen LogP contribution in [0.25, 0.3) is 0 Å². The van der Waals surface area contributed by atoms with Gasteiger partial charge in [0.05, 0.1) is 4.92 Å². The number of nitrogens with one attached hydrogen (secondary N) is 1. The van der Waals surface area contributed by atoms with Crippen molar-refractivity contribution in [2.45, 2.75) is 0 Å².